The van der Waals surface area contributed by atoms with Crippen LogP contribution in [-0.4, -0.2) is 28.3 Å². The van der Waals surface area contributed by atoms with E-state index < -0.39 is 0 Å². The topological polar surface area (TPSA) is 37.8 Å². The lowest BCUT2D eigenvalue weighted by atomic mass is 10.1. The fourth-order valence-corrected chi connectivity index (χ4v) is 2.62. The van der Waals surface area contributed by atoms with E-state index in [4.69, 9.17) is 0 Å². The van der Waals surface area contributed by atoms with Crippen LogP contribution in [-0.2, 0) is 0 Å². The molecule has 0 aliphatic rings. The molecule has 4 heteroatoms. The fraction of sp³-hybridized carbons (Fsp3) is 0.714. The first-order valence-corrected chi connectivity index (χ1v) is 7.55. The second-order valence-electron chi connectivity index (χ2n) is 5.25. The Labute approximate surface area is 115 Å². The molecule has 0 amide bonds. The zero-order valence-corrected chi connectivity index (χ0v) is 13.0. The zero-order valence-electron chi connectivity index (χ0n) is 12.2. The van der Waals surface area contributed by atoms with E-state index in [1.165, 1.54) is 6.42 Å². The summed E-state index contributed by atoms with van der Waals surface area (Å²) >= 11 is 1.75. The summed E-state index contributed by atoms with van der Waals surface area (Å²) in [6.45, 7) is 12.9. The summed E-state index contributed by atoms with van der Waals surface area (Å²) in [4.78, 5) is 8.91. The molecule has 0 aliphatic carbocycles. The molecule has 1 rings (SSSR count). The Morgan fingerprint density at radius 3 is 2.33 bits per heavy atom. The molecule has 1 atom stereocenters. The van der Waals surface area contributed by atoms with Gasteiger partial charge in [0.05, 0.1) is 0 Å². The summed E-state index contributed by atoms with van der Waals surface area (Å²) in [5, 5.41) is 4.88. The maximum atomic E-state index is 4.45. The van der Waals surface area contributed by atoms with E-state index in [1.807, 2.05) is 19.9 Å². The Hall–Kier alpha value is -0.610. The standard InChI is InChI=1S/C14H25N3S/c1-10(2)6-7-15-9-13(5)18-14-16-11(3)8-12(4)17-14/h8,10,13,15H,6-7,9H2,1-5H3. The molecule has 0 spiro atoms. The first-order chi connectivity index (χ1) is 8.47. The number of rotatable bonds is 7. The summed E-state index contributed by atoms with van der Waals surface area (Å²) in [6, 6.07) is 2.01. The van der Waals surface area contributed by atoms with Gasteiger partial charge in [-0.2, -0.15) is 0 Å². The molecule has 3 nitrogen and oxygen atoms in total. The molecule has 0 aliphatic heterocycles. The lowest BCUT2D eigenvalue weighted by molar-refractivity contribution is 0.538. The van der Waals surface area contributed by atoms with E-state index in [1.54, 1.807) is 11.8 Å². The number of nitrogens with zero attached hydrogens (tertiary/aromatic N) is 2. The Morgan fingerprint density at radius 1 is 1.17 bits per heavy atom. The van der Waals surface area contributed by atoms with Crippen LogP contribution in [0, 0.1) is 19.8 Å². The van der Waals surface area contributed by atoms with Crippen molar-refractivity contribution in [1.82, 2.24) is 15.3 Å². The minimum Gasteiger partial charge on any atom is -0.316 e. The largest absolute Gasteiger partial charge is 0.316 e. The summed E-state index contributed by atoms with van der Waals surface area (Å²) in [6.07, 6.45) is 1.23. The fourth-order valence-electron chi connectivity index (χ4n) is 1.66. The van der Waals surface area contributed by atoms with Crippen LogP contribution in [0.3, 0.4) is 0 Å². The van der Waals surface area contributed by atoms with Crippen molar-refractivity contribution in [3.05, 3.63) is 17.5 Å². The van der Waals surface area contributed by atoms with Crippen molar-refractivity contribution < 1.29 is 0 Å². The average Bonchev–Trinajstić information content (AvgIpc) is 2.22. The van der Waals surface area contributed by atoms with E-state index in [-0.39, 0.29) is 0 Å². The lowest BCUT2D eigenvalue weighted by Gasteiger charge is -2.12. The highest BCUT2D eigenvalue weighted by Gasteiger charge is 2.07. The molecule has 0 saturated heterocycles. The Bertz CT molecular complexity index is 346. The Morgan fingerprint density at radius 2 is 1.78 bits per heavy atom. The van der Waals surface area contributed by atoms with Gasteiger partial charge >= 0.3 is 0 Å². The van der Waals surface area contributed by atoms with Crippen LogP contribution in [0.4, 0.5) is 0 Å². The molecule has 0 fully saturated rings. The van der Waals surface area contributed by atoms with Gasteiger partial charge in [0.1, 0.15) is 0 Å². The highest BCUT2D eigenvalue weighted by atomic mass is 32.2. The maximum absolute atomic E-state index is 4.45. The third kappa shape index (κ3) is 6.36. The predicted octanol–water partition coefficient (Wildman–Crippen LogP) is 3.21. The molecular weight excluding hydrogens is 242 g/mol. The number of thioether (sulfide) groups is 1. The highest BCUT2D eigenvalue weighted by Crippen LogP contribution is 2.19. The molecular formula is C14H25N3S. The molecule has 0 saturated carbocycles. The third-order valence-electron chi connectivity index (χ3n) is 2.60. The van der Waals surface area contributed by atoms with Gasteiger partial charge < -0.3 is 5.32 Å². The number of nitrogens with one attached hydrogen (secondary N) is 1. The number of hydrogen-bond donors (Lipinski definition) is 1. The van der Waals surface area contributed by atoms with Gasteiger partial charge in [-0.1, -0.05) is 32.5 Å². The van der Waals surface area contributed by atoms with E-state index in [2.05, 4.69) is 36.1 Å². The predicted molar refractivity (Wildman–Crippen MR) is 79.1 cm³/mol. The second kappa shape index (κ2) is 7.74. The lowest BCUT2D eigenvalue weighted by Crippen LogP contribution is -2.24. The van der Waals surface area contributed by atoms with Crippen LogP contribution < -0.4 is 5.32 Å². The minimum absolute atomic E-state index is 0.498. The van der Waals surface area contributed by atoms with Crippen molar-refractivity contribution in [2.24, 2.45) is 5.92 Å². The van der Waals surface area contributed by atoms with Crippen molar-refractivity contribution in [1.29, 1.82) is 0 Å². The molecule has 1 unspecified atom stereocenters. The summed E-state index contributed by atoms with van der Waals surface area (Å²) in [5.74, 6) is 0.767. The first kappa shape index (κ1) is 15.4. The molecule has 0 bridgehead atoms. The van der Waals surface area contributed by atoms with Crippen LogP contribution in [0.1, 0.15) is 38.6 Å². The van der Waals surface area contributed by atoms with Gasteiger partial charge in [0.2, 0.25) is 0 Å². The second-order valence-corrected chi connectivity index (χ2v) is 6.65. The Balaban J connectivity index is 2.33. The van der Waals surface area contributed by atoms with Gasteiger partial charge in [-0.25, -0.2) is 9.97 Å². The number of hydrogen-bond acceptors (Lipinski definition) is 4. The van der Waals surface area contributed by atoms with Crippen molar-refractivity contribution in [3.8, 4) is 0 Å². The quantitative estimate of drug-likeness (QED) is 0.468. The molecule has 1 N–H and O–H groups in total. The summed E-state index contributed by atoms with van der Waals surface area (Å²) < 4.78 is 0. The molecule has 18 heavy (non-hydrogen) atoms. The van der Waals surface area contributed by atoms with Crippen LogP contribution in [0.5, 0.6) is 0 Å². The Kier molecular flexibility index (Phi) is 6.65. The summed E-state index contributed by atoms with van der Waals surface area (Å²) in [5.41, 5.74) is 2.09. The number of aromatic nitrogens is 2. The van der Waals surface area contributed by atoms with Gasteiger partial charge in [-0.3, -0.25) is 0 Å². The molecule has 1 heterocycles. The van der Waals surface area contributed by atoms with Crippen molar-refractivity contribution in [2.75, 3.05) is 13.1 Å². The smallest absolute Gasteiger partial charge is 0.188 e. The third-order valence-corrected chi connectivity index (χ3v) is 3.56. The molecule has 0 radical (unpaired) electrons. The average molecular weight is 267 g/mol. The SMILES string of the molecule is Cc1cc(C)nc(SC(C)CNCCC(C)C)n1. The molecule has 1 aromatic rings. The van der Waals surface area contributed by atoms with Gasteiger partial charge in [-0.05, 0) is 38.8 Å². The van der Waals surface area contributed by atoms with Crippen molar-refractivity contribution >= 4 is 11.8 Å². The molecule has 102 valence electrons. The van der Waals surface area contributed by atoms with Crippen LogP contribution in [0.2, 0.25) is 0 Å². The maximum Gasteiger partial charge on any atom is 0.188 e. The molecule has 0 aromatic carbocycles. The van der Waals surface area contributed by atoms with E-state index in [0.29, 0.717) is 5.25 Å². The van der Waals surface area contributed by atoms with Crippen LogP contribution in [0.15, 0.2) is 11.2 Å². The van der Waals surface area contributed by atoms with E-state index in [9.17, 15) is 0 Å². The minimum atomic E-state index is 0.498. The zero-order chi connectivity index (χ0) is 13.5. The van der Waals surface area contributed by atoms with Crippen LogP contribution >= 0.6 is 11.8 Å². The highest BCUT2D eigenvalue weighted by molar-refractivity contribution is 7.99. The van der Waals surface area contributed by atoms with Gasteiger partial charge in [0.15, 0.2) is 5.16 Å². The van der Waals surface area contributed by atoms with Gasteiger partial charge in [0, 0.05) is 23.2 Å². The summed E-state index contributed by atoms with van der Waals surface area (Å²) in [7, 11) is 0. The van der Waals surface area contributed by atoms with Gasteiger partial charge in [0.25, 0.3) is 0 Å². The van der Waals surface area contributed by atoms with E-state index in [0.717, 1.165) is 35.6 Å². The normalized spacial score (nSPS) is 13.0. The van der Waals surface area contributed by atoms with Crippen LogP contribution in [0.25, 0.3) is 0 Å². The first-order valence-electron chi connectivity index (χ1n) is 6.67. The van der Waals surface area contributed by atoms with Gasteiger partial charge in [-0.15, -0.1) is 0 Å². The monoisotopic (exact) mass is 267 g/mol. The van der Waals surface area contributed by atoms with Crippen molar-refractivity contribution in [3.63, 3.8) is 0 Å². The van der Waals surface area contributed by atoms with Crippen molar-refractivity contribution in [2.45, 2.75) is 51.4 Å². The van der Waals surface area contributed by atoms with E-state index >= 15 is 0 Å². The molecule has 1 aromatic heterocycles. The number of aryl methyl sites for hydroxylation is 2.